The number of ether oxygens (including phenoxy) is 2. The molecule has 0 unspecified atom stereocenters. The number of nitrogens with one attached hydrogen (secondary N) is 1. The average molecular weight is 319 g/mol. The van der Waals surface area contributed by atoms with Gasteiger partial charge < -0.3 is 9.47 Å². The fourth-order valence-electron chi connectivity index (χ4n) is 2.04. The standard InChI is InChI=1S/C16H21N3O4/c1-5-22-14(20)10-19-13-7-6-12(8-11(13)9-17-19)18-15(21)23-16(2,3)4/h6-9H,5,10H2,1-4H3,(H,18,21). The Hall–Kier alpha value is -2.57. The Bertz CT molecular complexity index is 716. The molecular weight excluding hydrogens is 298 g/mol. The molecule has 0 aliphatic rings. The zero-order valence-corrected chi connectivity index (χ0v) is 13.8. The van der Waals surface area contributed by atoms with E-state index in [1.165, 1.54) is 0 Å². The molecule has 1 aromatic carbocycles. The van der Waals surface area contributed by atoms with Crippen molar-refractivity contribution in [1.82, 2.24) is 9.78 Å². The minimum Gasteiger partial charge on any atom is -0.465 e. The lowest BCUT2D eigenvalue weighted by Crippen LogP contribution is -2.27. The third kappa shape index (κ3) is 4.70. The van der Waals surface area contributed by atoms with Gasteiger partial charge in [0.25, 0.3) is 0 Å². The molecule has 23 heavy (non-hydrogen) atoms. The first kappa shape index (κ1) is 16.8. The number of anilines is 1. The van der Waals surface area contributed by atoms with Crippen LogP contribution in [0.5, 0.6) is 0 Å². The minimum absolute atomic E-state index is 0.0518. The number of hydrogen-bond donors (Lipinski definition) is 1. The third-order valence-corrected chi connectivity index (χ3v) is 2.87. The van der Waals surface area contributed by atoms with Gasteiger partial charge in [0.1, 0.15) is 12.1 Å². The van der Waals surface area contributed by atoms with E-state index in [1.54, 1.807) is 56.8 Å². The van der Waals surface area contributed by atoms with Crippen molar-refractivity contribution in [3.63, 3.8) is 0 Å². The summed E-state index contributed by atoms with van der Waals surface area (Å²) in [6, 6.07) is 5.29. The van der Waals surface area contributed by atoms with E-state index in [0.29, 0.717) is 12.3 Å². The molecule has 1 N–H and O–H groups in total. The van der Waals surface area contributed by atoms with Crippen molar-refractivity contribution in [1.29, 1.82) is 0 Å². The van der Waals surface area contributed by atoms with Gasteiger partial charge in [0.15, 0.2) is 0 Å². The van der Waals surface area contributed by atoms with Crippen molar-refractivity contribution in [2.24, 2.45) is 0 Å². The number of amides is 1. The molecule has 0 atom stereocenters. The van der Waals surface area contributed by atoms with Gasteiger partial charge in [-0.05, 0) is 45.9 Å². The quantitative estimate of drug-likeness (QED) is 0.876. The second-order valence-corrected chi connectivity index (χ2v) is 6.01. The summed E-state index contributed by atoms with van der Waals surface area (Å²) in [5, 5.41) is 7.65. The number of benzene rings is 1. The second-order valence-electron chi connectivity index (χ2n) is 6.01. The van der Waals surface area contributed by atoms with E-state index in [1.807, 2.05) is 0 Å². The summed E-state index contributed by atoms with van der Waals surface area (Å²) >= 11 is 0. The number of esters is 1. The number of nitrogens with zero attached hydrogens (tertiary/aromatic N) is 2. The van der Waals surface area contributed by atoms with E-state index in [9.17, 15) is 9.59 Å². The Morgan fingerprint density at radius 2 is 2.04 bits per heavy atom. The fourth-order valence-corrected chi connectivity index (χ4v) is 2.04. The summed E-state index contributed by atoms with van der Waals surface area (Å²) < 4.78 is 11.7. The van der Waals surface area contributed by atoms with Crippen molar-refractivity contribution >= 4 is 28.7 Å². The first-order valence-corrected chi connectivity index (χ1v) is 7.39. The van der Waals surface area contributed by atoms with Crippen LogP contribution < -0.4 is 5.32 Å². The van der Waals surface area contributed by atoms with E-state index < -0.39 is 11.7 Å². The normalized spacial score (nSPS) is 11.3. The topological polar surface area (TPSA) is 82.5 Å². The maximum absolute atomic E-state index is 11.8. The minimum atomic E-state index is -0.557. The lowest BCUT2D eigenvalue weighted by atomic mass is 10.2. The Balaban J connectivity index is 2.12. The molecule has 0 saturated heterocycles. The van der Waals surface area contributed by atoms with E-state index in [2.05, 4.69) is 10.4 Å². The molecule has 0 aliphatic carbocycles. The van der Waals surface area contributed by atoms with Gasteiger partial charge in [-0.25, -0.2) is 4.79 Å². The van der Waals surface area contributed by atoms with Gasteiger partial charge in [0.2, 0.25) is 0 Å². The van der Waals surface area contributed by atoms with E-state index in [0.717, 1.165) is 10.9 Å². The maximum atomic E-state index is 11.8. The van der Waals surface area contributed by atoms with Gasteiger partial charge in [-0.3, -0.25) is 14.8 Å². The molecule has 1 amide bonds. The van der Waals surface area contributed by atoms with E-state index >= 15 is 0 Å². The Kier molecular flexibility index (Phi) is 4.88. The van der Waals surface area contributed by atoms with Crippen LogP contribution in [0.25, 0.3) is 10.9 Å². The zero-order chi connectivity index (χ0) is 17.0. The van der Waals surface area contributed by atoms with Crippen molar-refractivity contribution in [2.45, 2.75) is 39.8 Å². The lowest BCUT2D eigenvalue weighted by molar-refractivity contribution is -0.143. The van der Waals surface area contributed by atoms with Crippen molar-refractivity contribution in [3.8, 4) is 0 Å². The molecule has 0 aliphatic heterocycles. The molecule has 2 aromatic rings. The van der Waals surface area contributed by atoms with E-state index in [4.69, 9.17) is 9.47 Å². The highest BCUT2D eigenvalue weighted by Crippen LogP contribution is 2.20. The molecule has 0 bridgehead atoms. The van der Waals surface area contributed by atoms with Crippen LogP contribution in [0, 0.1) is 0 Å². The molecule has 124 valence electrons. The molecule has 2 rings (SSSR count). The lowest BCUT2D eigenvalue weighted by Gasteiger charge is -2.19. The zero-order valence-electron chi connectivity index (χ0n) is 13.8. The van der Waals surface area contributed by atoms with Crippen LogP contribution in [0.1, 0.15) is 27.7 Å². The third-order valence-electron chi connectivity index (χ3n) is 2.87. The highest BCUT2D eigenvalue weighted by molar-refractivity contribution is 5.90. The van der Waals surface area contributed by atoms with Crippen LogP contribution in [0.3, 0.4) is 0 Å². The number of carbonyl (C=O) groups excluding carboxylic acids is 2. The van der Waals surface area contributed by atoms with Crippen LogP contribution in [0.4, 0.5) is 10.5 Å². The predicted octanol–water partition coefficient (Wildman–Crippen LogP) is 2.95. The SMILES string of the molecule is CCOC(=O)Cn1ncc2cc(NC(=O)OC(C)(C)C)ccc21. The summed E-state index contributed by atoms with van der Waals surface area (Å²) in [5.74, 6) is -0.339. The van der Waals surface area contributed by atoms with Crippen molar-refractivity contribution < 1.29 is 19.1 Å². The predicted molar refractivity (Wildman–Crippen MR) is 86.2 cm³/mol. The number of hydrogen-bond acceptors (Lipinski definition) is 5. The Labute approximate surface area is 134 Å². The summed E-state index contributed by atoms with van der Waals surface area (Å²) in [4.78, 5) is 23.3. The molecule has 1 aromatic heterocycles. The summed E-state index contributed by atoms with van der Waals surface area (Å²) in [5.41, 5.74) is 0.828. The van der Waals surface area contributed by atoms with Gasteiger partial charge in [-0.1, -0.05) is 0 Å². The summed E-state index contributed by atoms with van der Waals surface area (Å²) in [7, 11) is 0. The van der Waals surface area contributed by atoms with Gasteiger partial charge in [-0.15, -0.1) is 0 Å². The largest absolute Gasteiger partial charge is 0.465 e. The molecule has 0 spiro atoms. The van der Waals surface area contributed by atoms with Gasteiger partial charge >= 0.3 is 12.1 Å². The van der Waals surface area contributed by atoms with Crippen molar-refractivity contribution in [2.75, 3.05) is 11.9 Å². The average Bonchev–Trinajstić information content (AvgIpc) is 2.79. The molecule has 0 radical (unpaired) electrons. The fraction of sp³-hybridized carbons (Fsp3) is 0.438. The first-order valence-electron chi connectivity index (χ1n) is 7.39. The van der Waals surface area contributed by atoms with Gasteiger partial charge in [0, 0.05) is 11.1 Å². The number of carbonyl (C=O) groups is 2. The molecule has 7 nitrogen and oxygen atoms in total. The van der Waals surface area contributed by atoms with E-state index in [-0.39, 0.29) is 12.5 Å². The molecule has 0 saturated carbocycles. The van der Waals surface area contributed by atoms with Crippen LogP contribution in [-0.2, 0) is 20.8 Å². The molecule has 0 fully saturated rings. The van der Waals surface area contributed by atoms with Crippen LogP contribution in [0.2, 0.25) is 0 Å². The van der Waals surface area contributed by atoms with Gasteiger partial charge in [-0.2, -0.15) is 5.10 Å². The molecule has 7 heteroatoms. The van der Waals surface area contributed by atoms with Gasteiger partial charge in [0.05, 0.1) is 18.3 Å². The Morgan fingerprint density at radius 1 is 1.30 bits per heavy atom. The molecule has 1 heterocycles. The number of aromatic nitrogens is 2. The molecular formula is C16H21N3O4. The Morgan fingerprint density at radius 3 is 2.70 bits per heavy atom. The highest BCUT2D eigenvalue weighted by atomic mass is 16.6. The monoisotopic (exact) mass is 319 g/mol. The summed E-state index contributed by atoms with van der Waals surface area (Å²) in [6.45, 7) is 7.55. The van der Waals surface area contributed by atoms with Crippen LogP contribution in [0.15, 0.2) is 24.4 Å². The second kappa shape index (κ2) is 6.68. The van der Waals surface area contributed by atoms with Crippen LogP contribution in [-0.4, -0.2) is 34.1 Å². The van der Waals surface area contributed by atoms with Crippen molar-refractivity contribution in [3.05, 3.63) is 24.4 Å². The first-order chi connectivity index (χ1) is 10.8. The van der Waals surface area contributed by atoms with Crippen LogP contribution >= 0.6 is 0 Å². The smallest absolute Gasteiger partial charge is 0.412 e. The summed E-state index contributed by atoms with van der Waals surface area (Å²) in [6.07, 6.45) is 1.12. The maximum Gasteiger partial charge on any atom is 0.412 e. The number of rotatable bonds is 4. The number of fused-ring (bicyclic) bond motifs is 1. The highest BCUT2D eigenvalue weighted by Gasteiger charge is 2.16.